The first kappa shape index (κ1) is 16.4. The van der Waals surface area contributed by atoms with Crippen LogP contribution >= 0.6 is 0 Å². The van der Waals surface area contributed by atoms with Crippen molar-refractivity contribution in [2.75, 3.05) is 13.1 Å². The van der Waals surface area contributed by atoms with Gasteiger partial charge in [0.15, 0.2) is 0 Å². The number of pyridine rings is 1. The van der Waals surface area contributed by atoms with E-state index in [0.29, 0.717) is 0 Å². The van der Waals surface area contributed by atoms with E-state index in [9.17, 15) is 9.18 Å². The Morgan fingerprint density at radius 3 is 2.50 bits per heavy atom. The van der Waals surface area contributed by atoms with Crippen LogP contribution in [0.25, 0.3) is 0 Å². The summed E-state index contributed by atoms with van der Waals surface area (Å²) in [5.41, 5.74) is 5.45. The Morgan fingerprint density at radius 1 is 1.40 bits per heavy atom. The van der Waals surface area contributed by atoms with Gasteiger partial charge >= 0.3 is 6.09 Å². The van der Waals surface area contributed by atoms with E-state index in [2.05, 4.69) is 10.3 Å². The highest BCUT2D eigenvalue weighted by Gasteiger charge is 2.27. The van der Waals surface area contributed by atoms with E-state index < -0.39 is 23.1 Å². The van der Waals surface area contributed by atoms with E-state index >= 15 is 0 Å². The van der Waals surface area contributed by atoms with Crippen molar-refractivity contribution < 1.29 is 13.9 Å². The van der Waals surface area contributed by atoms with Gasteiger partial charge in [0.05, 0.1) is 0 Å². The molecule has 1 unspecified atom stereocenters. The summed E-state index contributed by atoms with van der Waals surface area (Å²) in [7, 11) is 0. The van der Waals surface area contributed by atoms with Gasteiger partial charge in [-0.25, -0.2) is 9.78 Å². The van der Waals surface area contributed by atoms with Gasteiger partial charge < -0.3 is 15.8 Å². The normalized spacial score (nSPS) is 14.5. The predicted octanol–water partition coefficient (Wildman–Crippen LogP) is 1.96. The van der Waals surface area contributed by atoms with E-state index in [0.717, 1.165) is 5.56 Å². The number of carbonyl (C=O) groups excluding carboxylic acids is 1. The number of amides is 1. The summed E-state index contributed by atoms with van der Waals surface area (Å²) in [6, 6.07) is 2.89. The fraction of sp³-hybridized carbons (Fsp3) is 0.571. The summed E-state index contributed by atoms with van der Waals surface area (Å²) in [6.45, 7) is 7.82. The van der Waals surface area contributed by atoms with Gasteiger partial charge in [-0.2, -0.15) is 4.39 Å². The van der Waals surface area contributed by atoms with Gasteiger partial charge in [0.25, 0.3) is 0 Å². The molecule has 1 heterocycles. The Labute approximate surface area is 118 Å². The highest BCUT2D eigenvalue weighted by molar-refractivity contribution is 5.67. The van der Waals surface area contributed by atoms with Crippen LogP contribution in [0.15, 0.2) is 18.3 Å². The Hall–Kier alpha value is -1.69. The van der Waals surface area contributed by atoms with Gasteiger partial charge in [0, 0.05) is 24.7 Å². The molecule has 0 saturated carbocycles. The highest BCUT2D eigenvalue weighted by Crippen LogP contribution is 2.21. The van der Waals surface area contributed by atoms with E-state index in [1.165, 1.54) is 12.3 Å². The summed E-state index contributed by atoms with van der Waals surface area (Å²) in [5.74, 6) is -0.548. The summed E-state index contributed by atoms with van der Waals surface area (Å²) >= 11 is 0. The lowest BCUT2D eigenvalue weighted by molar-refractivity contribution is 0.0516. The average Bonchev–Trinajstić information content (AvgIpc) is 2.35. The molecule has 1 aromatic rings. The molecule has 0 bridgehead atoms. The molecule has 1 atom stereocenters. The van der Waals surface area contributed by atoms with Gasteiger partial charge in [0.2, 0.25) is 5.95 Å². The number of halogens is 1. The van der Waals surface area contributed by atoms with Crippen LogP contribution in [0.4, 0.5) is 9.18 Å². The van der Waals surface area contributed by atoms with E-state index in [4.69, 9.17) is 10.5 Å². The fourth-order valence-electron chi connectivity index (χ4n) is 1.61. The number of alkyl carbamates (subject to hydrolysis) is 1. The predicted molar refractivity (Wildman–Crippen MR) is 74.8 cm³/mol. The van der Waals surface area contributed by atoms with Gasteiger partial charge in [0.1, 0.15) is 5.60 Å². The second-order valence-electron chi connectivity index (χ2n) is 5.99. The third-order valence-corrected chi connectivity index (χ3v) is 2.90. The van der Waals surface area contributed by atoms with Crippen molar-refractivity contribution in [3.8, 4) is 0 Å². The van der Waals surface area contributed by atoms with Crippen molar-refractivity contribution in [1.29, 1.82) is 0 Å². The molecule has 1 rings (SSSR count). The standard InChI is InChI=1S/C14H22FN3O2/c1-13(2,3)20-12(19)18-9-14(4,8-16)10-5-6-11(15)17-7-10/h5-7H,8-9,16H2,1-4H3,(H,18,19). The zero-order valence-electron chi connectivity index (χ0n) is 12.4. The average molecular weight is 283 g/mol. The van der Waals surface area contributed by atoms with Crippen LogP contribution in [0.3, 0.4) is 0 Å². The largest absolute Gasteiger partial charge is 0.444 e. The van der Waals surface area contributed by atoms with Gasteiger partial charge in [-0.05, 0) is 32.4 Å². The Morgan fingerprint density at radius 2 is 2.05 bits per heavy atom. The molecule has 0 aliphatic carbocycles. The fourth-order valence-corrected chi connectivity index (χ4v) is 1.61. The Kier molecular flexibility index (Phi) is 5.05. The smallest absolute Gasteiger partial charge is 0.407 e. The number of nitrogens with two attached hydrogens (primary N) is 1. The topological polar surface area (TPSA) is 77.2 Å². The number of aromatic nitrogens is 1. The van der Waals surface area contributed by atoms with Crippen LogP contribution in [-0.4, -0.2) is 29.8 Å². The van der Waals surface area contributed by atoms with Crippen LogP contribution in [0, 0.1) is 5.95 Å². The molecule has 1 amide bonds. The SMILES string of the molecule is CC(C)(C)OC(=O)NCC(C)(CN)c1ccc(F)nc1. The van der Waals surface area contributed by atoms with E-state index in [-0.39, 0.29) is 13.1 Å². The Bertz CT molecular complexity index is 456. The van der Waals surface area contributed by atoms with Crippen LogP contribution < -0.4 is 11.1 Å². The molecule has 1 aromatic heterocycles. The number of carbonyl (C=O) groups is 1. The lowest BCUT2D eigenvalue weighted by Gasteiger charge is -2.29. The minimum absolute atomic E-state index is 0.283. The molecule has 0 aliphatic heterocycles. The molecule has 0 aliphatic rings. The first-order valence-corrected chi connectivity index (χ1v) is 6.45. The quantitative estimate of drug-likeness (QED) is 0.828. The molecule has 6 heteroatoms. The van der Waals surface area contributed by atoms with Crippen molar-refractivity contribution in [3.05, 3.63) is 29.8 Å². The van der Waals surface area contributed by atoms with Crippen LogP contribution in [0.2, 0.25) is 0 Å². The number of hydrogen-bond donors (Lipinski definition) is 2. The summed E-state index contributed by atoms with van der Waals surface area (Å²) < 4.78 is 18.0. The van der Waals surface area contributed by atoms with Gasteiger partial charge in [-0.15, -0.1) is 0 Å². The van der Waals surface area contributed by atoms with Gasteiger partial charge in [-0.1, -0.05) is 13.0 Å². The molecule has 3 N–H and O–H groups in total. The zero-order valence-corrected chi connectivity index (χ0v) is 12.4. The zero-order chi connectivity index (χ0) is 15.4. The number of ether oxygens (including phenoxy) is 1. The first-order chi connectivity index (χ1) is 9.16. The lowest BCUT2D eigenvalue weighted by Crippen LogP contribution is -2.45. The number of rotatable bonds is 4. The number of hydrogen-bond acceptors (Lipinski definition) is 4. The minimum Gasteiger partial charge on any atom is -0.444 e. The van der Waals surface area contributed by atoms with Gasteiger partial charge in [-0.3, -0.25) is 0 Å². The van der Waals surface area contributed by atoms with Crippen LogP contribution in [0.5, 0.6) is 0 Å². The molecule has 0 fully saturated rings. The maximum Gasteiger partial charge on any atom is 0.407 e. The molecule has 0 spiro atoms. The second-order valence-corrected chi connectivity index (χ2v) is 5.99. The molecule has 0 saturated heterocycles. The molecule has 112 valence electrons. The molecular weight excluding hydrogens is 261 g/mol. The summed E-state index contributed by atoms with van der Waals surface area (Å²) in [5, 5.41) is 2.68. The van der Waals surface area contributed by atoms with Crippen molar-refractivity contribution in [3.63, 3.8) is 0 Å². The molecular formula is C14H22FN3O2. The second kappa shape index (κ2) is 6.17. The van der Waals surface area contributed by atoms with Crippen molar-refractivity contribution in [2.45, 2.75) is 38.7 Å². The molecule has 0 radical (unpaired) electrons. The number of nitrogens with zero attached hydrogens (tertiary/aromatic N) is 1. The molecule has 20 heavy (non-hydrogen) atoms. The van der Waals surface area contributed by atoms with Crippen molar-refractivity contribution in [2.24, 2.45) is 5.73 Å². The highest BCUT2D eigenvalue weighted by atomic mass is 19.1. The third kappa shape index (κ3) is 4.77. The van der Waals surface area contributed by atoms with E-state index in [1.807, 2.05) is 6.92 Å². The summed E-state index contributed by atoms with van der Waals surface area (Å²) in [4.78, 5) is 15.3. The van der Waals surface area contributed by atoms with Crippen molar-refractivity contribution >= 4 is 6.09 Å². The van der Waals surface area contributed by atoms with E-state index in [1.54, 1.807) is 26.8 Å². The lowest BCUT2D eigenvalue weighted by atomic mass is 9.83. The Balaban J connectivity index is 2.71. The van der Waals surface area contributed by atoms with Crippen molar-refractivity contribution in [1.82, 2.24) is 10.3 Å². The first-order valence-electron chi connectivity index (χ1n) is 6.45. The maximum absolute atomic E-state index is 12.8. The molecule has 0 aromatic carbocycles. The minimum atomic E-state index is -0.555. The maximum atomic E-state index is 12.8. The molecule has 5 nitrogen and oxygen atoms in total. The van der Waals surface area contributed by atoms with Crippen LogP contribution in [-0.2, 0) is 10.2 Å². The van der Waals surface area contributed by atoms with Crippen LogP contribution in [0.1, 0.15) is 33.3 Å². The summed E-state index contributed by atoms with van der Waals surface area (Å²) in [6.07, 6.45) is 0.922. The monoisotopic (exact) mass is 283 g/mol. The third-order valence-electron chi connectivity index (χ3n) is 2.90. The number of nitrogens with one attached hydrogen (secondary N) is 1.